The number of benzene rings is 2. The Bertz CT molecular complexity index is 918. The summed E-state index contributed by atoms with van der Waals surface area (Å²) in [4.78, 5) is 15.0. The van der Waals surface area contributed by atoms with Crippen molar-refractivity contribution < 1.29 is 15.0 Å². The molecule has 0 unspecified atom stereocenters. The third kappa shape index (κ3) is 3.12. The summed E-state index contributed by atoms with van der Waals surface area (Å²) in [6.45, 7) is 0. The number of phenolic OH excluding ortho intramolecular Hbond substituents is 2. The minimum Gasteiger partial charge on any atom is -0.504 e. The lowest BCUT2D eigenvalue weighted by Crippen LogP contribution is -2.17. The van der Waals surface area contributed by atoms with E-state index in [0.29, 0.717) is 10.7 Å². The predicted octanol–water partition coefficient (Wildman–Crippen LogP) is 3.00. The molecule has 4 N–H and O–H groups in total. The van der Waals surface area contributed by atoms with Crippen molar-refractivity contribution in [3.63, 3.8) is 0 Å². The molecule has 23 heavy (non-hydrogen) atoms. The monoisotopic (exact) mass is 329 g/mol. The number of carbonyl (C=O) groups excluding carboxylic acids is 1. The van der Waals surface area contributed by atoms with Gasteiger partial charge in [-0.2, -0.15) is 5.10 Å². The van der Waals surface area contributed by atoms with Crippen LogP contribution in [0.4, 0.5) is 0 Å². The number of para-hydroxylation sites is 1. The summed E-state index contributed by atoms with van der Waals surface area (Å²) in [5.74, 6) is -0.994. The maximum absolute atomic E-state index is 12.0. The van der Waals surface area contributed by atoms with Crippen molar-refractivity contribution in [3.8, 4) is 11.5 Å². The number of hydrazone groups is 1. The van der Waals surface area contributed by atoms with E-state index in [1.807, 2.05) is 0 Å². The molecule has 1 amide bonds. The van der Waals surface area contributed by atoms with Gasteiger partial charge in [0.15, 0.2) is 11.5 Å². The molecule has 116 valence electrons. The van der Waals surface area contributed by atoms with Gasteiger partial charge >= 0.3 is 0 Å². The number of phenols is 2. The van der Waals surface area contributed by atoms with Crippen molar-refractivity contribution >= 4 is 34.6 Å². The van der Waals surface area contributed by atoms with Crippen LogP contribution in [0, 0.1) is 0 Å². The Balaban J connectivity index is 1.75. The highest BCUT2D eigenvalue weighted by Crippen LogP contribution is 2.26. The zero-order chi connectivity index (χ0) is 16.4. The number of H-pyrrole nitrogens is 1. The van der Waals surface area contributed by atoms with Crippen LogP contribution in [0.1, 0.15) is 16.1 Å². The quantitative estimate of drug-likeness (QED) is 0.338. The van der Waals surface area contributed by atoms with Crippen LogP contribution in [0.2, 0.25) is 5.02 Å². The van der Waals surface area contributed by atoms with E-state index in [2.05, 4.69) is 15.5 Å². The molecule has 3 rings (SSSR count). The molecule has 0 fully saturated rings. The van der Waals surface area contributed by atoms with E-state index >= 15 is 0 Å². The van der Waals surface area contributed by atoms with Crippen molar-refractivity contribution in [2.45, 2.75) is 0 Å². The third-order valence-electron chi connectivity index (χ3n) is 3.24. The molecule has 0 atom stereocenters. The number of aromatic nitrogens is 1. The predicted molar refractivity (Wildman–Crippen MR) is 88.1 cm³/mol. The first-order valence-electron chi connectivity index (χ1n) is 6.67. The van der Waals surface area contributed by atoms with Crippen molar-refractivity contribution in [1.29, 1.82) is 0 Å². The van der Waals surface area contributed by atoms with Crippen molar-refractivity contribution in [1.82, 2.24) is 10.4 Å². The normalized spacial score (nSPS) is 11.2. The van der Waals surface area contributed by atoms with Crippen LogP contribution in [0.25, 0.3) is 10.9 Å². The lowest BCUT2D eigenvalue weighted by atomic mass is 10.2. The second-order valence-electron chi connectivity index (χ2n) is 4.83. The second kappa shape index (κ2) is 6.02. The van der Waals surface area contributed by atoms with E-state index in [1.54, 1.807) is 36.4 Å². The first-order chi connectivity index (χ1) is 11.0. The van der Waals surface area contributed by atoms with Crippen molar-refractivity contribution in [2.75, 3.05) is 0 Å². The number of hydrogen-bond donors (Lipinski definition) is 4. The molecule has 0 saturated carbocycles. The molecule has 0 aliphatic carbocycles. The van der Waals surface area contributed by atoms with Crippen LogP contribution < -0.4 is 5.43 Å². The number of hydrogen-bond acceptors (Lipinski definition) is 4. The summed E-state index contributed by atoms with van der Waals surface area (Å²) < 4.78 is 0. The number of carbonyl (C=O) groups is 1. The molecule has 0 radical (unpaired) electrons. The van der Waals surface area contributed by atoms with Gasteiger partial charge < -0.3 is 15.2 Å². The van der Waals surface area contributed by atoms with E-state index < -0.39 is 5.91 Å². The van der Waals surface area contributed by atoms with Crippen LogP contribution >= 0.6 is 11.6 Å². The Morgan fingerprint density at radius 1 is 1.22 bits per heavy atom. The maximum Gasteiger partial charge on any atom is 0.287 e. The maximum atomic E-state index is 12.0. The van der Waals surface area contributed by atoms with E-state index in [-0.39, 0.29) is 17.1 Å². The van der Waals surface area contributed by atoms with Gasteiger partial charge in [-0.15, -0.1) is 0 Å². The molecule has 0 spiro atoms. The highest BCUT2D eigenvalue weighted by atomic mass is 35.5. The molecular weight excluding hydrogens is 318 g/mol. The molecule has 0 saturated heterocycles. The minimum atomic E-state index is -0.437. The van der Waals surface area contributed by atoms with Gasteiger partial charge in [-0.3, -0.25) is 4.79 Å². The van der Waals surface area contributed by atoms with E-state index in [4.69, 9.17) is 11.6 Å². The van der Waals surface area contributed by atoms with E-state index in [0.717, 1.165) is 10.9 Å². The van der Waals surface area contributed by atoms with Crippen LogP contribution in [0.3, 0.4) is 0 Å². The van der Waals surface area contributed by atoms with Gasteiger partial charge in [-0.1, -0.05) is 17.7 Å². The summed E-state index contributed by atoms with van der Waals surface area (Å²) in [7, 11) is 0. The Hall–Kier alpha value is -2.99. The molecule has 1 heterocycles. The van der Waals surface area contributed by atoms with Crippen molar-refractivity contribution in [3.05, 3.63) is 58.7 Å². The zero-order valence-electron chi connectivity index (χ0n) is 11.7. The van der Waals surface area contributed by atoms with Crippen LogP contribution in [-0.2, 0) is 0 Å². The van der Waals surface area contributed by atoms with Crippen LogP contribution in [0.5, 0.6) is 11.5 Å². The Labute approximate surface area is 136 Å². The summed E-state index contributed by atoms with van der Waals surface area (Å²) in [5.41, 5.74) is 3.75. The van der Waals surface area contributed by atoms with E-state index in [1.165, 1.54) is 12.3 Å². The van der Waals surface area contributed by atoms with Crippen LogP contribution in [0.15, 0.2) is 47.6 Å². The SMILES string of the molecule is O=C(N/N=C/c1cccc(O)c1O)c1cc2cc(Cl)ccc2[nH]1. The van der Waals surface area contributed by atoms with Gasteiger partial charge in [-0.05, 0) is 36.4 Å². The molecule has 2 aromatic carbocycles. The fourth-order valence-electron chi connectivity index (χ4n) is 2.10. The van der Waals surface area contributed by atoms with E-state index in [9.17, 15) is 15.0 Å². The first-order valence-corrected chi connectivity index (χ1v) is 7.05. The number of nitrogens with one attached hydrogen (secondary N) is 2. The lowest BCUT2D eigenvalue weighted by molar-refractivity contribution is 0.0951. The smallest absolute Gasteiger partial charge is 0.287 e. The number of rotatable bonds is 3. The molecule has 6 nitrogen and oxygen atoms in total. The number of nitrogens with zero attached hydrogens (tertiary/aromatic N) is 1. The average Bonchev–Trinajstić information content (AvgIpc) is 2.94. The van der Waals surface area contributed by atoms with Gasteiger partial charge in [0.25, 0.3) is 5.91 Å². The number of aromatic hydroxyl groups is 2. The zero-order valence-corrected chi connectivity index (χ0v) is 12.5. The topological polar surface area (TPSA) is 97.7 Å². The number of fused-ring (bicyclic) bond motifs is 1. The average molecular weight is 330 g/mol. The number of halogens is 1. The minimum absolute atomic E-state index is 0.257. The molecule has 3 aromatic rings. The number of aromatic amines is 1. The molecule has 7 heteroatoms. The van der Waals surface area contributed by atoms with Gasteiger partial charge in [0.05, 0.1) is 6.21 Å². The third-order valence-corrected chi connectivity index (χ3v) is 3.48. The molecule has 0 aliphatic heterocycles. The summed E-state index contributed by atoms with van der Waals surface area (Å²) in [6, 6.07) is 11.4. The second-order valence-corrected chi connectivity index (χ2v) is 5.27. The first kappa shape index (κ1) is 14.9. The Morgan fingerprint density at radius 2 is 2.04 bits per heavy atom. The lowest BCUT2D eigenvalue weighted by Gasteiger charge is -2.00. The Kier molecular flexibility index (Phi) is 3.91. The summed E-state index contributed by atoms with van der Waals surface area (Å²) in [5, 5.41) is 24.2. The highest BCUT2D eigenvalue weighted by molar-refractivity contribution is 6.31. The standard InChI is InChI=1S/C16H12ClN3O3/c17-11-4-5-12-10(6-11)7-13(19-12)16(23)20-18-8-9-2-1-3-14(21)15(9)22/h1-8,19,21-22H,(H,20,23)/b18-8+. The fraction of sp³-hybridized carbons (Fsp3) is 0. The van der Waals surface area contributed by atoms with Crippen molar-refractivity contribution in [2.24, 2.45) is 5.10 Å². The fourth-order valence-corrected chi connectivity index (χ4v) is 2.28. The molecule has 0 bridgehead atoms. The van der Waals surface area contributed by atoms with Gasteiger partial charge in [0.2, 0.25) is 0 Å². The largest absolute Gasteiger partial charge is 0.504 e. The molecule has 0 aliphatic rings. The molecular formula is C16H12ClN3O3. The number of amides is 1. The van der Waals surface area contributed by atoms with Gasteiger partial charge in [0, 0.05) is 21.5 Å². The van der Waals surface area contributed by atoms with Crippen LogP contribution in [-0.4, -0.2) is 27.3 Å². The Morgan fingerprint density at radius 3 is 2.87 bits per heavy atom. The van der Waals surface area contributed by atoms with Gasteiger partial charge in [0.1, 0.15) is 5.69 Å². The molecule has 1 aromatic heterocycles. The summed E-state index contributed by atoms with van der Waals surface area (Å²) in [6.07, 6.45) is 1.24. The van der Waals surface area contributed by atoms with Gasteiger partial charge in [-0.25, -0.2) is 5.43 Å². The summed E-state index contributed by atoms with van der Waals surface area (Å²) >= 11 is 5.90. The highest BCUT2D eigenvalue weighted by Gasteiger charge is 2.09.